The number of hydrogen-bond donors (Lipinski definition) is 1. The number of nitrogens with zero attached hydrogens (tertiary/aromatic N) is 1. The first kappa shape index (κ1) is 14.5. The van der Waals surface area contributed by atoms with Crippen LogP contribution in [-0.4, -0.2) is 29.9 Å². The summed E-state index contributed by atoms with van der Waals surface area (Å²) in [4.78, 5) is 14.2. The van der Waals surface area contributed by atoms with Gasteiger partial charge in [-0.25, -0.2) is 4.39 Å². The van der Waals surface area contributed by atoms with Crippen molar-refractivity contribution in [1.82, 2.24) is 10.2 Å². The number of piperidine rings is 1. The normalized spacial score (nSPS) is 22.0. The molecule has 1 saturated carbocycles. The van der Waals surface area contributed by atoms with Crippen molar-refractivity contribution in [3.63, 3.8) is 0 Å². The summed E-state index contributed by atoms with van der Waals surface area (Å²) in [5, 5.41) is 3.17. The Morgan fingerprint density at radius 3 is 2.38 bits per heavy atom. The van der Waals surface area contributed by atoms with E-state index in [1.165, 1.54) is 12.1 Å². The third kappa shape index (κ3) is 3.62. The lowest BCUT2D eigenvalue weighted by Gasteiger charge is -2.36. The van der Waals surface area contributed by atoms with E-state index in [1.807, 2.05) is 12.1 Å². The highest BCUT2D eigenvalue weighted by Gasteiger charge is 2.32. The minimum atomic E-state index is -0.188. The first-order valence-electron chi connectivity index (χ1n) is 7.93. The minimum Gasteiger partial charge on any atom is -0.353 e. The van der Waals surface area contributed by atoms with Crippen LogP contribution in [0.2, 0.25) is 0 Å². The number of rotatable bonds is 4. The van der Waals surface area contributed by atoms with Crippen molar-refractivity contribution in [3.8, 4) is 0 Å². The summed E-state index contributed by atoms with van der Waals surface area (Å²) in [5.74, 6) is 0.355. The van der Waals surface area contributed by atoms with Gasteiger partial charge in [0.25, 0.3) is 0 Å². The van der Waals surface area contributed by atoms with E-state index in [1.54, 1.807) is 0 Å². The standard InChI is InChI=1S/C17H23FN2O/c1-12(13-4-6-15(18)7-5-13)20-10-8-16(9-11-20)19-17(21)14-2-3-14/h4-7,12,14,16H,2-3,8-11H2,1H3,(H,19,21). The number of carbonyl (C=O) groups is 1. The Bertz CT molecular complexity index is 490. The molecule has 2 fully saturated rings. The summed E-state index contributed by atoms with van der Waals surface area (Å²) in [6, 6.07) is 7.39. The largest absolute Gasteiger partial charge is 0.353 e. The van der Waals surface area contributed by atoms with E-state index in [-0.39, 0.29) is 11.7 Å². The maximum atomic E-state index is 13.0. The summed E-state index contributed by atoms with van der Waals surface area (Å²) in [6.07, 6.45) is 4.13. The number of amides is 1. The molecular formula is C17H23FN2O. The second-order valence-corrected chi connectivity index (χ2v) is 6.32. The molecule has 1 aliphatic carbocycles. The van der Waals surface area contributed by atoms with Gasteiger partial charge in [0, 0.05) is 31.1 Å². The van der Waals surface area contributed by atoms with Crippen LogP contribution in [0.3, 0.4) is 0 Å². The number of nitrogens with one attached hydrogen (secondary N) is 1. The topological polar surface area (TPSA) is 32.3 Å². The van der Waals surface area contributed by atoms with Crippen LogP contribution in [0.25, 0.3) is 0 Å². The monoisotopic (exact) mass is 290 g/mol. The van der Waals surface area contributed by atoms with Crippen LogP contribution in [0.4, 0.5) is 4.39 Å². The van der Waals surface area contributed by atoms with Crippen molar-refractivity contribution in [2.45, 2.75) is 44.7 Å². The molecule has 4 heteroatoms. The Kier molecular flexibility index (Phi) is 4.24. The molecule has 1 N–H and O–H groups in total. The number of likely N-dealkylation sites (tertiary alicyclic amines) is 1. The lowest BCUT2D eigenvalue weighted by molar-refractivity contribution is -0.123. The van der Waals surface area contributed by atoms with E-state index in [9.17, 15) is 9.18 Å². The Morgan fingerprint density at radius 1 is 1.19 bits per heavy atom. The lowest BCUT2D eigenvalue weighted by Crippen LogP contribution is -2.45. The van der Waals surface area contributed by atoms with E-state index in [4.69, 9.17) is 0 Å². The lowest BCUT2D eigenvalue weighted by atomic mass is 10.00. The molecule has 1 amide bonds. The van der Waals surface area contributed by atoms with Gasteiger partial charge in [0.15, 0.2) is 0 Å². The van der Waals surface area contributed by atoms with Gasteiger partial charge in [-0.3, -0.25) is 9.69 Å². The van der Waals surface area contributed by atoms with E-state index in [2.05, 4.69) is 17.1 Å². The molecule has 1 aliphatic heterocycles. The summed E-state index contributed by atoms with van der Waals surface area (Å²) in [7, 11) is 0. The average molecular weight is 290 g/mol. The molecule has 114 valence electrons. The molecule has 0 bridgehead atoms. The minimum absolute atomic E-state index is 0.188. The summed E-state index contributed by atoms with van der Waals surface area (Å²) in [5.41, 5.74) is 1.15. The van der Waals surface area contributed by atoms with E-state index < -0.39 is 0 Å². The quantitative estimate of drug-likeness (QED) is 0.925. The predicted octanol–water partition coefficient (Wildman–Crippen LogP) is 2.88. The van der Waals surface area contributed by atoms with Crippen molar-refractivity contribution >= 4 is 5.91 Å². The number of halogens is 1. The fraction of sp³-hybridized carbons (Fsp3) is 0.588. The smallest absolute Gasteiger partial charge is 0.223 e. The second-order valence-electron chi connectivity index (χ2n) is 6.32. The molecule has 3 nitrogen and oxygen atoms in total. The molecule has 0 radical (unpaired) electrons. The van der Waals surface area contributed by atoms with Gasteiger partial charge in [-0.2, -0.15) is 0 Å². The van der Waals surface area contributed by atoms with Gasteiger partial charge in [0.2, 0.25) is 5.91 Å². The van der Waals surface area contributed by atoms with E-state index in [0.717, 1.165) is 44.3 Å². The number of hydrogen-bond acceptors (Lipinski definition) is 2. The third-order valence-corrected chi connectivity index (χ3v) is 4.72. The molecule has 0 aromatic heterocycles. The molecule has 1 aromatic rings. The molecule has 2 aliphatic rings. The van der Waals surface area contributed by atoms with Crippen molar-refractivity contribution in [2.24, 2.45) is 5.92 Å². The first-order chi connectivity index (χ1) is 10.1. The molecule has 1 unspecified atom stereocenters. The number of carbonyl (C=O) groups excluding carboxylic acids is 1. The van der Waals surface area contributed by atoms with Gasteiger partial charge >= 0.3 is 0 Å². The van der Waals surface area contributed by atoms with Crippen molar-refractivity contribution < 1.29 is 9.18 Å². The van der Waals surface area contributed by atoms with Crippen molar-refractivity contribution in [3.05, 3.63) is 35.6 Å². The zero-order valence-corrected chi connectivity index (χ0v) is 12.5. The molecule has 1 heterocycles. The third-order valence-electron chi connectivity index (χ3n) is 4.72. The van der Waals surface area contributed by atoms with Crippen molar-refractivity contribution in [2.75, 3.05) is 13.1 Å². The zero-order chi connectivity index (χ0) is 14.8. The highest BCUT2D eigenvalue weighted by molar-refractivity contribution is 5.81. The fourth-order valence-electron chi connectivity index (χ4n) is 3.05. The van der Waals surface area contributed by atoms with Crippen LogP contribution in [0, 0.1) is 11.7 Å². The Balaban J connectivity index is 1.50. The Hall–Kier alpha value is -1.42. The van der Waals surface area contributed by atoms with Crippen molar-refractivity contribution in [1.29, 1.82) is 0 Å². The van der Waals surface area contributed by atoms with Crippen LogP contribution in [-0.2, 0) is 4.79 Å². The van der Waals surface area contributed by atoms with Crippen LogP contribution in [0.5, 0.6) is 0 Å². The van der Waals surface area contributed by atoms with E-state index in [0.29, 0.717) is 18.0 Å². The van der Waals surface area contributed by atoms with Gasteiger partial charge < -0.3 is 5.32 Å². The highest BCUT2D eigenvalue weighted by Crippen LogP contribution is 2.30. The summed E-state index contributed by atoms with van der Waals surface area (Å²) < 4.78 is 13.0. The van der Waals surface area contributed by atoms with Gasteiger partial charge in [0.05, 0.1) is 0 Å². The SMILES string of the molecule is CC(c1ccc(F)cc1)N1CCC(NC(=O)C2CC2)CC1. The Morgan fingerprint density at radius 2 is 1.81 bits per heavy atom. The molecular weight excluding hydrogens is 267 g/mol. The first-order valence-corrected chi connectivity index (χ1v) is 7.93. The molecule has 1 saturated heterocycles. The van der Waals surface area contributed by atoms with Gasteiger partial charge in [-0.05, 0) is 50.3 Å². The van der Waals surface area contributed by atoms with E-state index >= 15 is 0 Å². The maximum absolute atomic E-state index is 13.0. The fourth-order valence-corrected chi connectivity index (χ4v) is 3.05. The molecule has 0 spiro atoms. The summed E-state index contributed by atoms with van der Waals surface area (Å²) >= 11 is 0. The highest BCUT2D eigenvalue weighted by atomic mass is 19.1. The van der Waals surface area contributed by atoms with Crippen LogP contribution >= 0.6 is 0 Å². The van der Waals surface area contributed by atoms with Crippen LogP contribution in [0.15, 0.2) is 24.3 Å². The summed E-state index contributed by atoms with van der Waals surface area (Å²) in [6.45, 7) is 4.12. The van der Waals surface area contributed by atoms with Crippen LogP contribution < -0.4 is 5.32 Å². The average Bonchev–Trinajstić information content (AvgIpc) is 3.33. The van der Waals surface area contributed by atoms with Gasteiger partial charge in [0.1, 0.15) is 5.82 Å². The maximum Gasteiger partial charge on any atom is 0.223 e. The molecule has 3 rings (SSSR count). The predicted molar refractivity (Wildman–Crippen MR) is 80.3 cm³/mol. The molecule has 1 aromatic carbocycles. The van der Waals surface area contributed by atoms with Gasteiger partial charge in [-0.1, -0.05) is 12.1 Å². The Labute approximate surface area is 125 Å². The zero-order valence-electron chi connectivity index (χ0n) is 12.5. The number of benzene rings is 1. The second kappa shape index (κ2) is 6.14. The van der Waals surface area contributed by atoms with Crippen LogP contribution in [0.1, 0.15) is 44.2 Å². The molecule has 1 atom stereocenters. The molecule has 21 heavy (non-hydrogen) atoms. The van der Waals surface area contributed by atoms with Gasteiger partial charge in [-0.15, -0.1) is 0 Å².